The zero-order chi connectivity index (χ0) is 22.5. The highest BCUT2D eigenvalue weighted by Crippen LogP contribution is 2.34. The summed E-state index contributed by atoms with van der Waals surface area (Å²) in [6.45, 7) is 1.39. The van der Waals surface area contributed by atoms with E-state index in [1.807, 2.05) is 54.6 Å². The van der Waals surface area contributed by atoms with E-state index in [1.165, 1.54) is 0 Å². The number of hydrogen-bond donors (Lipinski definition) is 0. The number of halogens is 2. The molecule has 1 amide bonds. The molecular weight excluding hydrogens is 490 g/mol. The van der Waals surface area contributed by atoms with Crippen LogP contribution in [0, 0.1) is 11.3 Å². The van der Waals surface area contributed by atoms with Gasteiger partial charge in [0.1, 0.15) is 12.7 Å². The zero-order valence-electron chi connectivity index (χ0n) is 17.3. The average Bonchev–Trinajstić information content (AvgIpc) is 2.83. The number of likely N-dealkylation sites (tertiary alicyclic amines) is 1. The number of amides is 1. The molecule has 32 heavy (non-hydrogen) atoms. The van der Waals surface area contributed by atoms with Crippen LogP contribution in [0.5, 0.6) is 0 Å². The summed E-state index contributed by atoms with van der Waals surface area (Å²) in [5.41, 5.74) is 3.48. The van der Waals surface area contributed by atoms with Crippen LogP contribution in [0.3, 0.4) is 0 Å². The number of carbonyl (C=O) groups excluding carboxylic acids is 1. The minimum absolute atomic E-state index is 0.0208. The van der Waals surface area contributed by atoms with Crippen molar-refractivity contribution in [1.82, 2.24) is 9.88 Å². The first-order valence-electron chi connectivity index (χ1n) is 10.4. The van der Waals surface area contributed by atoms with Crippen LogP contribution in [0.15, 0.2) is 65.1 Å². The number of carbonyl (C=O) groups is 1. The summed E-state index contributed by atoms with van der Waals surface area (Å²) in [7, 11) is 0. The predicted octanol–water partition coefficient (Wildman–Crippen LogP) is 6.55. The van der Waals surface area contributed by atoms with Crippen LogP contribution in [0.2, 0.25) is 5.02 Å². The average molecular weight is 511 g/mol. The second-order valence-electron chi connectivity index (χ2n) is 7.70. The van der Waals surface area contributed by atoms with Crippen LogP contribution in [-0.2, 0) is 11.3 Å². The first kappa shape index (κ1) is 22.3. The Kier molecular flexibility index (Phi) is 7.09. The number of benzene rings is 2. The minimum atomic E-state index is -0.327. The molecule has 0 saturated carbocycles. The second kappa shape index (κ2) is 10.2. The molecule has 1 saturated heterocycles. The summed E-state index contributed by atoms with van der Waals surface area (Å²) in [4.78, 5) is 19.2. The van der Waals surface area contributed by atoms with E-state index in [4.69, 9.17) is 21.3 Å². The maximum absolute atomic E-state index is 12.6. The molecule has 2 heterocycles. The van der Waals surface area contributed by atoms with Crippen molar-refractivity contribution in [3.63, 3.8) is 0 Å². The number of pyridine rings is 1. The number of aromatic nitrogens is 1. The lowest BCUT2D eigenvalue weighted by molar-refractivity contribution is 0.0856. The molecule has 1 fully saturated rings. The smallest absolute Gasteiger partial charge is 0.410 e. The number of nitriles is 1. The van der Waals surface area contributed by atoms with Crippen molar-refractivity contribution in [2.75, 3.05) is 13.1 Å². The highest BCUT2D eigenvalue weighted by molar-refractivity contribution is 9.10. The molecule has 0 spiro atoms. The summed E-state index contributed by atoms with van der Waals surface area (Å²) in [5.74, 6) is 0.0208. The van der Waals surface area contributed by atoms with E-state index in [0.29, 0.717) is 29.4 Å². The number of rotatable bonds is 4. The van der Waals surface area contributed by atoms with Crippen molar-refractivity contribution < 1.29 is 9.53 Å². The van der Waals surface area contributed by atoms with E-state index in [1.54, 1.807) is 11.0 Å². The molecule has 0 N–H and O–H groups in total. The van der Waals surface area contributed by atoms with Gasteiger partial charge in [-0.2, -0.15) is 5.26 Å². The van der Waals surface area contributed by atoms with Crippen molar-refractivity contribution >= 4 is 33.6 Å². The molecule has 0 aliphatic carbocycles. The van der Waals surface area contributed by atoms with Gasteiger partial charge in [-0.3, -0.25) is 4.98 Å². The van der Waals surface area contributed by atoms with E-state index >= 15 is 0 Å². The van der Waals surface area contributed by atoms with Crippen LogP contribution in [0.4, 0.5) is 4.79 Å². The highest BCUT2D eigenvalue weighted by atomic mass is 79.9. The van der Waals surface area contributed by atoms with Crippen LogP contribution in [0.1, 0.15) is 35.6 Å². The monoisotopic (exact) mass is 509 g/mol. The van der Waals surface area contributed by atoms with Gasteiger partial charge in [0.25, 0.3) is 0 Å². The van der Waals surface area contributed by atoms with Gasteiger partial charge in [-0.1, -0.05) is 70.0 Å². The molecule has 1 unspecified atom stereocenters. The molecule has 4 rings (SSSR count). The third kappa shape index (κ3) is 5.12. The number of hydrogen-bond acceptors (Lipinski definition) is 4. The Morgan fingerprint density at radius 2 is 1.97 bits per heavy atom. The molecule has 162 valence electrons. The fourth-order valence-electron chi connectivity index (χ4n) is 3.86. The Morgan fingerprint density at radius 1 is 1.22 bits per heavy atom. The standard InChI is InChI=1S/C25H21BrClN3O2/c26-20-10-8-18(9-11-20)24-21(14-28)22(27)13-23(29-24)19-7-4-12-30(15-19)25(31)32-16-17-5-2-1-3-6-17/h1-3,5-6,8-11,13,19H,4,7,12,15-16H2. The Balaban J connectivity index is 1.53. The quantitative estimate of drug-likeness (QED) is 0.399. The Morgan fingerprint density at radius 3 is 2.69 bits per heavy atom. The summed E-state index contributed by atoms with van der Waals surface area (Å²) < 4.78 is 6.45. The van der Waals surface area contributed by atoms with Gasteiger partial charge in [0.15, 0.2) is 0 Å². The summed E-state index contributed by atoms with van der Waals surface area (Å²) in [5, 5.41) is 10.0. The molecule has 0 radical (unpaired) electrons. The zero-order valence-corrected chi connectivity index (χ0v) is 19.6. The molecule has 1 atom stereocenters. The van der Waals surface area contributed by atoms with Crippen molar-refractivity contribution in [1.29, 1.82) is 5.26 Å². The van der Waals surface area contributed by atoms with Crippen molar-refractivity contribution in [3.8, 4) is 17.3 Å². The SMILES string of the molecule is N#Cc1c(Cl)cc(C2CCCN(C(=O)OCc3ccccc3)C2)nc1-c1ccc(Br)cc1. The van der Waals surface area contributed by atoms with Crippen LogP contribution in [0.25, 0.3) is 11.3 Å². The summed E-state index contributed by atoms with van der Waals surface area (Å²) in [6, 6.07) is 21.2. The highest BCUT2D eigenvalue weighted by Gasteiger charge is 2.28. The fourth-order valence-corrected chi connectivity index (χ4v) is 4.37. The van der Waals surface area contributed by atoms with Crippen LogP contribution >= 0.6 is 27.5 Å². The van der Waals surface area contributed by atoms with E-state index < -0.39 is 0 Å². The van der Waals surface area contributed by atoms with Gasteiger partial charge in [0.2, 0.25) is 0 Å². The summed E-state index contributed by atoms with van der Waals surface area (Å²) >= 11 is 9.91. The summed E-state index contributed by atoms with van der Waals surface area (Å²) in [6.07, 6.45) is 1.40. The van der Waals surface area contributed by atoms with Crippen molar-refractivity contribution in [3.05, 3.63) is 87.0 Å². The van der Waals surface area contributed by atoms with Gasteiger partial charge in [0, 0.05) is 34.7 Å². The van der Waals surface area contributed by atoms with E-state index in [-0.39, 0.29) is 18.6 Å². The number of piperidine rings is 1. The molecule has 0 bridgehead atoms. The lowest BCUT2D eigenvalue weighted by atomic mass is 9.93. The van der Waals surface area contributed by atoms with E-state index in [0.717, 1.165) is 34.1 Å². The van der Waals surface area contributed by atoms with Crippen LogP contribution < -0.4 is 0 Å². The normalized spacial score (nSPS) is 15.8. The first-order valence-corrected chi connectivity index (χ1v) is 11.5. The lowest BCUT2D eigenvalue weighted by Gasteiger charge is -2.32. The lowest BCUT2D eigenvalue weighted by Crippen LogP contribution is -2.39. The van der Waals surface area contributed by atoms with Gasteiger partial charge in [-0.25, -0.2) is 4.79 Å². The fraction of sp³-hybridized carbons (Fsp3) is 0.240. The second-order valence-corrected chi connectivity index (χ2v) is 9.02. The van der Waals surface area contributed by atoms with E-state index in [9.17, 15) is 10.1 Å². The van der Waals surface area contributed by atoms with Crippen molar-refractivity contribution in [2.24, 2.45) is 0 Å². The Labute approximate surface area is 200 Å². The first-order chi connectivity index (χ1) is 15.5. The molecule has 3 aromatic rings. The molecule has 1 aromatic heterocycles. The van der Waals surface area contributed by atoms with Gasteiger partial charge in [-0.05, 0) is 36.6 Å². The maximum atomic E-state index is 12.6. The van der Waals surface area contributed by atoms with E-state index in [2.05, 4.69) is 22.0 Å². The van der Waals surface area contributed by atoms with Crippen molar-refractivity contribution in [2.45, 2.75) is 25.4 Å². The molecule has 1 aliphatic heterocycles. The molecule has 2 aromatic carbocycles. The third-order valence-electron chi connectivity index (χ3n) is 5.52. The van der Waals surface area contributed by atoms with Gasteiger partial charge in [-0.15, -0.1) is 0 Å². The van der Waals surface area contributed by atoms with Gasteiger partial charge in [0.05, 0.1) is 16.3 Å². The van der Waals surface area contributed by atoms with Gasteiger partial charge >= 0.3 is 6.09 Å². The minimum Gasteiger partial charge on any atom is -0.445 e. The molecule has 7 heteroatoms. The predicted molar refractivity (Wildman–Crippen MR) is 127 cm³/mol. The molecule has 5 nitrogen and oxygen atoms in total. The number of nitrogens with zero attached hydrogens (tertiary/aromatic N) is 3. The third-order valence-corrected chi connectivity index (χ3v) is 6.35. The van der Waals surface area contributed by atoms with Gasteiger partial charge < -0.3 is 9.64 Å². The maximum Gasteiger partial charge on any atom is 0.410 e. The van der Waals surface area contributed by atoms with Crippen LogP contribution in [-0.4, -0.2) is 29.1 Å². The molecule has 1 aliphatic rings. The Hall–Kier alpha value is -2.88. The topological polar surface area (TPSA) is 66.2 Å². The largest absolute Gasteiger partial charge is 0.445 e. The number of ether oxygens (including phenoxy) is 1. The molecular formula is C25H21BrClN3O2. The Bertz CT molecular complexity index is 1150.